The molecule has 9 nitrogen and oxygen atoms in total. The zero-order chi connectivity index (χ0) is 18.6. The molecule has 3 rings (SSSR count). The van der Waals surface area contributed by atoms with Crippen LogP contribution in [0.5, 0.6) is 5.88 Å². The van der Waals surface area contributed by atoms with Crippen molar-refractivity contribution >= 4 is 15.7 Å². The van der Waals surface area contributed by atoms with Crippen molar-refractivity contribution in [1.29, 1.82) is 0 Å². The summed E-state index contributed by atoms with van der Waals surface area (Å²) in [6.07, 6.45) is 7.03. The van der Waals surface area contributed by atoms with Crippen molar-refractivity contribution < 1.29 is 18.1 Å². The topological polar surface area (TPSA) is 124 Å². The van der Waals surface area contributed by atoms with E-state index in [1.807, 2.05) is 0 Å². The Morgan fingerprint density at radius 2 is 1.88 bits per heavy atom. The van der Waals surface area contributed by atoms with Crippen molar-refractivity contribution in [2.75, 3.05) is 0 Å². The van der Waals surface area contributed by atoms with Gasteiger partial charge >= 0.3 is 0 Å². The van der Waals surface area contributed by atoms with Gasteiger partial charge in [-0.05, 0) is 31.7 Å². The minimum atomic E-state index is -3.97. The zero-order valence-corrected chi connectivity index (χ0v) is 14.6. The van der Waals surface area contributed by atoms with Crippen LogP contribution in [-0.2, 0) is 10.0 Å². The largest absolute Gasteiger partial charge is 0.473 e. The average Bonchev–Trinajstić information content (AvgIpc) is 2.64. The van der Waals surface area contributed by atoms with E-state index < -0.39 is 20.6 Å². The monoisotopic (exact) mass is 378 g/mol. The van der Waals surface area contributed by atoms with Crippen LogP contribution in [0.25, 0.3) is 0 Å². The molecule has 1 aliphatic carbocycles. The molecule has 1 aliphatic rings. The molecule has 1 heterocycles. The highest BCUT2D eigenvalue weighted by atomic mass is 32.2. The van der Waals surface area contributed by atoms with Gasteiger partial charge < -0.3 is 4.74 Å². The van der Waals surface area contributed by atoms with Crippen molar-refractivity contribution in [2.24, 2.45) is 0 Å². The highest BCUT2D eigenvalue weighted by Gasteiger charge is 2.30. The number of hydrogen-bond acceptors (Lipinski definition) is 7. The number of nitrogens with zero attached hydrogens (tertiary/aromatic N) is 3. The van der Waals surface area contributed by atoms with Gasteiger partial charge in [0.25, 0.3) is 5.69 Å². The molecule has 1 aromatic carbocycles. The van der Waals surface area contributed by atoms with E-state index in [0.29, 0.717) is 31.6 Å². The summed E-state index contributed by atoms with van der Waals surface area (Å²) in [7, 11) is -3.97. The lowest BCUT2D eigenvalue weighted by Crippen LogP contribution is -2.39. The molecule has 0 unspecified atom stereocenters. The Hall–Kier alpha value is -2.59. The molecule has 0 atom stereocenters. The Bertz CT molecular complexity index is 867. The zero-order valence-electron chi connectivity index (χ0n) is 13.8. The summed E-state index contributed by atoms with van der Waals surface area (Å²) in [5.41, 5.74) is -0.431. The molecule has 2 aromatic rings. The van der Waals surface area contributed by atoms with Crippen molar-refractivity contribution in [3.8, 4) is 5.88 Å². The molecule has 0 aliphatic heterocycles. The first-order valence-corrected chi connectivity index (χ1v) is 9.62. The maximum atomic E-state index is 12.5. The summed E-state index contributed by atoms with van der Waals surface area (Å²) in [4.78, 5) is 18.0. The van der Waals surface area contributed by atoms with Crippen LogP contribution in [0.2, 0.25) is 0 Å². The highest BCUT2D eigenvalue weighted by molar-refractivity contribution is 7.89. The van der Waals surface area contributed by atoms with Crippen molar-refractivity contribution in [3.63, 3.8) is 0 Å². The summed E-state index contributed by atoms with van der Waals surface area (Å²) in [6, 6.07) is 5.03. The van der Waals surface area contributed by atoms with E-state index in [4.69, 9.17) is 4.74 Å². The van der Waals surface area contributed by atoms with Gasteiger partial charge in [0, 0.05) is 24.5 Å². The number of nitrogens with one attached hydrogen (secondary N) is 1. The summed E-state index contributed by atoms with van der Waals surface area (Å²) in [5, 5.41) is 11.1. The van der Waals surface area contributed by atoms with Gasteiger partial charge in [-0.3, -0.25) is 15.1 Å². The van der Waals surface area contributed by atoms with Crippen molar-refractivity contribution in [3.05, 3.63) is 53.0 Å². The van der Waals surface area contributed by atoms with Crippen LogP contribution in [0.3, 0.4) is 0 Å². The van der Waals surface area contributed by atoms with Crippen LogP contribution < -0.4 is 9.46 Å². The maximum Gasteiger partial charge on any atom is 0.289 e. The van der Waals surface area contributed by atoms with Gasteiger partial charge in [-0.15, -0.1) is 0 Å². The Kier molecular flexibility index (Phi) is 5.43. The minimum absolute atomic E-state index is 0.0569. The predicted octanol–water partition coefficient (Wildman–Crippen LogP) is 2.05. The number of para-hydroxylation sites is 1. The van der Waals surface area contributed by atoms with Gasteiger partial charge in [0.05, 0.1) is 11.1 Å². The first kappa shape index (κ1) is 18.2. The number of aromatic nitrogens is 2. The van der Waals surface area contributed by atoms with Crippen LogP contribution in [0, 0.1) is 10.1 Å². The molecule has 26 heavy (non-hydrogen) atoms. The molecule has 1 saturated carbocycles. The fourth-order valence-electron chi connectivity index (χ4n) is 2.93. The fourth-order valence-corrected chi connectivity index (χ4v) is 4.41. The van der Waals surface area contributed by atoms with Crippen molar-refractivity contribution in [2.45, 2.75) is 42.7 Å². The van der Waals surface area contributed by atoms with Crippen LogP contribution in [0.15, 0.2) is 47.8 Å². The van der Waals surface area contributed by atoms with E-state index in [9.17, 15) is 18.5 Å². The molecule has 138 valence electrons. The number of nitro benzene ring substituents is 1. The predicted molar refractivity (Wildman–Crippen MR) is 92.1 cm³/mol. The fraction of sp³-hybridized carbons (Fsp3) is 0.375. The van der Waals surface area contributed by atoms with Crippen LogP contribution in [-0.4, -0.2) is 35.5 Å². The SMILES string of the molecule is O=[N+]([O-])c1ccccc1S(=O)(=O)NC1CCC(Oc2cnccn2)CC1. The van der Waals surface area contributed by atoms with E-state index in [0.717, 1.165) is 0 Å². The molecule has 1 aromatic heterocycles. The molecule has 0 amide bonds. The molecule has 10 heteroatoms. The molecule has 0 bridgehead atoms. The summed E-state index contributed by atoms with van der Waals surface area (Å²) < 4.78 is 33.4. The normalized spacial score (nSPS) is 20.5. The molecule has 1 fully saturated rings. The molecular formula is C16H18N4O5S. The van der Waals surface area contributed by atoms with E-state index >= 15 is 0 Å². The summed E-state index contributed by atoms with van der Waals surface area (Å²) in [5.74, 6) is 0.441. The quantitative estimate of drug-likeness (QED) is 0.602. The lowest BCUT2D eigenvalue weighted by molar-refractivity contribution is -0.387. The lowest BCUT2D eigenvalue weighted by Gasteiger charge is -2.28. The Morgan fingerprint density at radius 3 is 2.54 bits per heavy atom. The van der Waals surface area contributed by atoms with Gasteiger partial charge in [-0.1, -0.05) is 12.1 Å². The van der Waals surface area contributed by atoms with E-state index in [-0.39, 0.29) is 17.0 Å². The lowest BCUT2D eigenvalue weighted by atomic mass is 9.94. The first-order chi connectivity index (χ1) is 12.5. The summed E-state index contributed by atoms with van der Waals surface area (Å²) in [6.45, 7) is 0. The number of benzene rings is 1. The maximum absolute atomic E-state index is 12.5. The average molecular weight is 378 g/mol. The van der Waals surface area contributed by atoms with Crippen LogP contribution >= 0.6 is 0 Å². The molecular weight excluding hydrogens is 360 g/mol. The third-order valence-corrected chi connectivity index (χ3v) is 5.74. The molecule has 0 spiro atoms. The smallest absolute Gasteiger partial charge is 0.289 e. The van der Waals surface area contributed by atoms with Gasteiger partial charge in [0.15, 0.2) is 4.90 Å². The van der Waals surface area contributed by atoms with Gasteiger partial charge in [0.2, 0.25) is 15.9 Å². The molecule has 0 saturated heterocycles. The minimum Gasteiger partial charge on any atom is -0.473 e. The third-order valence-electron chi connectivity index (χ3n) is 4.17. The highest BCUT2D eigenvalue weighted by Crippen LogP contribution is 2.26. The van der Waals surface area contributed by atoms with Crippen molar-refractivity contribution in [1.82, 2.24) is 14.7 Å². The van der Waals surface area contributed by atoms with Gasteiger partial charge in [-0.2, -0.15) is 0 Å². The third kappa shape index (κ3) is 4.33. The Balaban J connectivity index is 1.61. The van der Waals surface area contributed by atoms with E-state index in [1.165, 1.54) is 30.5 Å². The van der Waals surface area contributed by atoms with Gasteiger partial charge in [-0.25, -0.2) is 18.1 Å². The standard InChI is InChI=1S/C16H18N4O5S/c21-20(22)14-3-1-2-4-15(14)26(23,24)19-12-5-7-13(8-6-12)25-16-11-17-9-10-18-16/h1-4,9-13,19H,5-8H2. The van der Waals surface area contributed by atoms with Gasteiger partial charge in [0.1, 0.15) is 6.10 Å². The van der Waals surface area contributed by atoms with E-state index in [2.05, 4.69) is 14.7 Å². The first-order valence-electron chi connectivity index (χ1n) is 8.14. The Labute approximate surface area is 150 Å². The second kappa shape index (κ2) is 7.75. The Morgan fingerprint density at radius 1 is 1.15 bits per heavy atom. The number of rotatable bonds is 6. The summed E-state index contributed by atoms with van der Waals surface area (Å²) >= 11 is 0. The number of nitro groups is 1. The molecule has 0 radical (unpaired) electrons. The van der Waals surface area contributed by atoms with Crippen LogP contribution in [0.4, 0.5) is 5.69 Å². The second-order valence-corrected chi connectivity index (χ2v) is 7.66. The van der Waals surface area contributed by atoms with Crippen LogP contribution in [0.1, 0.15) is 25.7 Å². The second-order valence-electron chi connectivity index (χ2n) is 5.98. The number of sulfonamides is 1. The number of ether oxygens (including phenoxy) is 1. The molecule has 1 N–H and O–H groups in total. The van der Waals surface area contributed by atoms with E-state index in [1.54, 1.807) is 12.4 Å². The number of hydrogen-bond donors (Lipinski definition) is 1.